The average molecular weight is 276 g/mol. The summed E-state index contributed by atoms with van der Waals surface area (Å²) in [6.07, 6.45) is 0. The van der Waals surface area contributed by atoms with Gasteiger partial charge in [0.25, 0.3) is 0 Å². The van der Waals surface area contributed by atoms with Crippen molar-refractivity contribution in [1.82, 2.24) is 0 Å². The molecule has 0 aliphatic carbocycles. The Morgan fingerprint density at radius 1 is 1.05 bits per heavy atom. The van der Waals surface area contributed by atoms with E-state index in [1.165, 1.54) is 5.56 Å². The van der Waals surface area contributed by atoms with E-state index < -0.39 is 0 Å². The van der Waals surface area contributed by atoms with Gasteiger partial charge in [0.1, 0.15) is 0 Å². The third-order valence-electron chi connectivity index (χ3n) is 3.03. The van der Waals surface area contributed by atoms with Gasteiger partial charge in [-0.1, -0.05) is 43.6 Å². The maximum atomic E-state index is 6.10. The number of methoxy groups -OCH3 is 1. The van der Waals surface area contributed by atoms with Crippen LogP contribution in [0.3, 0.4) is 0 Å². The Bertz CT molecular complexity index is 549. The maximum Gasteiger partial charge on any atom is 0.160 e. The maximum absolute atomic E-state index is 6.10. The first-order valence-electron chi connectivity index (χ1n) is 6.31. The first kappa shape index (κ1) is 13.8. The van der Waals surface area contributed by atoms with Crippen molar-refractivity contribution in [3.8, 4) is 5.75 Å². The zero-order chi connectivity index (χ0) is 13.8. The highest BCUT2D eigenvalue weighted by atomic mass is 35.5. The zero-order valence-corrected chi connectivity index (χ0v) is 12.2. The summed E-state index contributed by atoms with van der Waals surface area (Å²) in [6, 6.07) is 14.0. The monoisotopic (exact) mass is 275 g/mol. The van der Waals surface area contributed by atoms with Crippen LogP contribution in [0.4, 0.5) is 11.4 Å². The molecule has 0 saturated heterocycles. The SMILES string of the molecule is COc1c(Cl)cccc1Nc1ccc(C(C)C)cc1. The molecule has 3 heteroatoms. The van der Waals surface area contributed by atoms with Gasteiger partial charge in [-0.05, 0) is 35.7 Å². The Balaban J connectivity index is 2.24. The lowest BCUT2D eigenvalue weighted by molar-refractivity contribution is 0.417. The van der Waals surface area contributed by atoms with Gasteiger partial charge in [0.05, 0.1) is 17.8 Å². The van der Waals surface area contributed by atoms with Gasteiger partial charge in [-0.3, -0.25) is 0 Å². The molecule has 2 nitrogen and oxygen atoms in total. The van der Waals surface area contributed by atoms with E-state index in [9.17, 15) is 0 Å². The number of anilines is 2. The van der Waals surface area contributed by atoms with E-state index in [4.69, 9.17) is 16.3 Å². The third-order valence-corrected chi connectivity index (χ3v) is 3.33. The highest BCUT2D eigenvalue weighted by Crippen LogP contribution is 2.34. The largest absolute Gasteiger partial charge is 0.493 e. The summed E-state index contributed by atoms with van der Waals surface area (Å²) in [6.45, 7) is 4.37. The molecule has 0 aliphatic heterocycles. The van der Waals surface area contributed by atoms with Crippen molar-refractivity contribution in [2.24, 2.45) is 0 Å². The number of hydrogen-bond acceptors (Lipinski definition) is 2. The van der Waals surface area contributed by atoms with E-state index in [1.807, 2.05) is 18.2 Å². The molecule has 0 radical (unpaired) electrons. The van der Waals surface area contributed by atoms with Crippen LogP contribution < -0.4 is 10.1 Å². The number of benzene rings is 2. The predicted molar refractivity (Wildman–Crippen MR) is 81.8 cm³/mol. The van der Waals surface area contributed by atoms with Crippen LogP contribution in [0.25, 0.3) is 0 Å². The van der Waals surface area contributed by atoms with Crippen LogP contribution in [-0.4, -0.2) is 7.11 Å². The molecule has 0 bridgehead atoms. The van der Waals surface area contributed by atoms with Crippen LogP contribution in [0, 0.1) is 0 Å². The summed E-state index contributed by atoms with van der Waals surface area (Å²) in [5, 5.41) is 3.92. The fourth-order valence-electron chi connectivity index (χ4n) is 1.92. The van der Waals surface area contributed by atoms with Crippen LogP contribution in [0.2, 0.25) is 5.02 Å². The first-order chi connectivity index (χ1) is 9.11. The average Bonchev–Trinajstić information content (AvgIpc) is 2.39. The zero-order valence-electron chi connectivity index (χ0n) is 11.4. The van der Waals surface area contributed by atoms with Crippen LogP contribution in [0.15, 0.2) is 42.5 Å². The number of hydrogen-bond donors (Lipinski definition) is 1. The van der Waals surface area contributed by atoms with E-state index in [0.717, 1.165) is 11.4 Å². The Hall–Kier alpha value is -1.67. The summed E-state index contributed by atoms with van der Waals surface area (Å²) in [5.41, 5.74) is 3.21. The van der Waals surface area contributed by atoms with Crippen molar-refractivity contribution in [3.05, 3.63) is 53.1 Å². The summed E-state index contributed by atoms with van der Waals surface area (Å²) in [4.78, 5) is 0. The van der Waals surface area contributed by atoms with Crippen molar-refractivity contribution in [1.29, 1.82) is 0 Å². The van der Waals surface area contributed by atoms with Crippen molar-refractivity contribution in [3.63, 3.8) is 0 Å². The molecule has 0 atom stereocenters. The van der Waals surface area contributed by atoms with Gasteiger partial charge in [0.15, 0.2) is 5.75 Å². The lowest BCUT2D eigenvalue weighted by Crippen LogP contribution is -1.95. The van der Waals surface area contributed by atoms with Crippen LogP contribution in [0.5, 0.6) is 5.75 Å². The minimum Gasteiger partial charge on any atom is -0.493 e. The molecule has 0 spiro atoms. The van der Waals surface area contributed by atoms with Crippen LogP contribution >= 0.6 is 11.6 Å². The lowest BCUT2D eigenvalue weighted by Gasteiger charge is -2.13. The predicted octanol–water partition coefficient (Wildman–Crippen LogP) is 5.22. The molecule has 100 valence electrons. The van der Waals surface area contributed by atoms with E-state index in [1.54, 1.807) is 7.11 Å². The van der Waals surface area contributed by atoms with E-state index in [2.05, 4.69) is 43.4 Å². The molecule has 1 N–H and O–H groups in total. The quantitative estimate of drug-likeness (QED) is 0.826. The fourth-order valence-corrected chi connectivity index (χ4v) is 2.17. The highest BCUT2D eigenvalue weighted by molar-refractivity contribution is 6.32. The minimum atomic E-state index is 0.537. The Labute approximate surface area is 119 Å². The molecular weight excluding hydrogens is 258 g/mol. The molecule has 0 unspecified atom stereocenters. The molecular formula is C16H18ClNO. The molecule has 0 aliphatic rings. The van der Waals surface area contributed by atoms with Gasteiger partial charge >= 0.3 is 0 Å². The third kappa shape index (κ3) is 3.21. The topological polar surface area (TPSA) is 21.3 Å². The summed E-state index contributed by atoms with van der Waals surface area (Å²) in [7, 11) is 1.62. The molecule has 19 heavy (non-hydrogen) atoms. The molecule has 0 heterocycles. The molecule has 2 aromatic rings. The lowest BCUT2D eigenvalue weighted by atomic mass is 10.0. The Morgan fingerprint density at radius 3 is 2.32 bits per heavy atom. The second kappa shape index (κ2) is 5.98. The normalized spacial score (nSPS) is 10.6. The molecule has 2 rings (SSSR count). The standard InChI is InChI=1S/C16H18ClNO/c1-11(2)12-7-9-13(10-8-12)18-15-6-4-5-14(17)16(15)19-3/h4-11,18H,1-3H3. The second-order valence-corrected chi connectivity index (χ2v) is 5.13. The van der Waals surface area contributed by atoms with Gasteiger partial charge in [-0.2, -0.15) is 0 Å². The summed E-state index contributed by atoms with van der Waals surface area (Å²) < 4.78 is 5.32. The van der Waals surface area contributed by atoms with Crippen molar-refractivity contribution < 1.29 is 4.74 Å². The number of halogens is 1. The first-order valence-corrected chi connectivity index (χ1v) is 6.69. The smallest absolute Gasteiger partial charge is 0.160 e. The van der Waals surface area contributed by atoms with E-state index in [0.29, 0.717) is 16.7 Å². The Kier molecular flexibility index (Phi) is 4.33. The number of nitrogens with one attached hydrogen (secondary N) is 1. The van der Waals surface area contributed by atoms with Crippen molar-refractivity contribution in [2.45, 2.75) is 19.8 Å². The molecule has 0 aromatic heterocycles. The molecule has 0 amide bonds. The van der Waals surface area contributed by atoms with Crippen LogP contribution in [-0.2, 0) is 0 Å². The van der Waals surface area contributed by atoms with Gasteiger partial charge in [-0.25, -0.2) is 0 Å². The number of para-hydroxylation sites is 1. The number of rotatable bonds is 4. The Morgan fingerprint density at radius 2 is 1.74 bits per heavy atom. The summed E-state index contributed by atoms with van der Waals surface area (Å²) in [5.74, 6) is 1.20. The van der Waals surface area contributed by atoms with Gasteiger partial charge in [0.2, 0.25) is 0 Å². The highest BCUT2D eigenvalue weighted by Gasteiger charge is 2.07. The van der Waals surface area contributed by atoms with Gasteiger partial charge in [0, 0.05) is 5.69 Å². The van der Waals surface area contributed by atoms with Crippen molar-refractivity contribution in [2.75, 3.05) is 12.4 Å². The van der Waals surface area contributed by atoms with Crippen molar-refractivity contribution >= 4 is 23.0 Å². The minimum absolute atomic E-state index is 0.537. The van der Waals surface area contributed by atoms with Crippen LogP contribution in [0.1, 0.15) is 25.3 Å². The number of ether oxygens (including phenoxy) is 1. The molecule has 0 saturated carbocycles. The second-order valence-electron chi connectivity index (χ2n) is 4.72. The summed E-state index contributed by atoms with van der Waals surface area (Å²) >= 11 is 6.10. The van der Waals surface area contributed by atoms with E-state index >= 15 is 0 Å². The van der Waals surface area contributed by atoms with Gasteiger partial charge < -0.3 is 10.1 Å². The molecule has 0 fully saturated rings. The molecule has 2 aromatic carbocycles. The van der Waals surface area contributed by atoms with Gasteiger partial charge in [-0.15, -0.1) is 0 Å². The van der Waals surface area contributed by atoms with E-state index in [-0.39, 0.29) is 0 Å². The fraction of sp³-hybridized carbons (Fsp3) is 0.250.